The molecule has 0 aromatic heterocycles. The lowest BCUT2D eigenvalue weighted by atomic mass is 10.1. The van der Waals surface area contributed by atoms with E-state index in [4.69, 9.17) is 9.47 Å². The summed E-state index contributed by atoms with van der Waals surface area (Å²) in [5.74, 6) is 0.351. The summed E-state index contributed by atoms with van der Waals surface area (Å²) in [5, 5.41) is 13.8. The summed E-state index contributed by atoms with van der Waals surface area (Å²) in [6.45, 7) is 0.0220. The topological polar surface area (TPSA) is 90.7 Å². The van der Waals surface area contributed by atoms with Crippen LogP contribution < -0.4 is 14.8 Å². The van der Waals surface area contributed by atoms with Crippen molar-refractivity contribution in [2.24, 2.45) is 0 Å². The Morgan fingerprint density at radius 1 is 1.17 bits per heavy atom. The molecule has 0 fully saturated rings. The number of hydrogen-bond acceptors (Lipinski definition) is 5. The molecule has 0 bridgehead atoms. The second kappa shape index (κ2) is 6.18. The zero-order chi connectivity index (χ0) is 16.2. The number of nitro benzene ring substituents is 1. The van der Waals surface area contributed by atoms with Crippen molar-refractivity contribution >= 4 is 23.4 Å². The van der Waals surface area contributed by atoms with E-state index in [1.165, 1.54) is 24.3 Å². The van der Waals surface area contributed by atoms with Crippen LogP contribution in [-0.2, 0) is 4.79 Å². The maximum atomic E-state index is 11.9. The lowest BCUT2D eigenvalue weighted by Crippen LogP contribution is -2.07. The number of para-hydroxylation sites is 1. The van der Waals surface area contributed by atoms with Gasteiger partial charge in [-0.2, -0.15) is 0 Å². The molecule has 1 amide bonds. The van der Waals surface area contributed by atoms with Crippen LogP contribution in [0.4, 0.5) is 11.4 Å². The van der Waals surface area contributed by atoms with Gasteiger partial charge >= 0.3 is 0 Å². The number of nitro groups is 1. The van der Waals surface area contributed by atoms with Crippen LogP contribution in [0.5, 0.6) is 11.5 Å². The van der Waals surface area contributed by atoms with Crippen LogP contribution in [0, 0.1) is 10.1 Å². The van der Waals surface area contributed by atoms with Crippen LogP contribution in [-0.4, -0.2) is 17.6 Å². The van der Waals surface area contributed by atoms with E-state index in [0.717, 1.165) is 0 Å². The minimum atomic E-state index is -0.531. The van der Waals surface area contributed by atoms with Gasteiger partial charge in [0, 0.05) is 11.8 Å². The number of anilines is 1. The Labute approximate surface area is 131 Å². The Bertz CT molecular complexity index is 787. The van der Waals surface area contributed by atoms with Crippen molar-refractivity contribution in [3.63, 3.8) is 0 Å². The first-order valence-electron chi connectivity index (χ1n) is 6.75. The number of amides is 1. The Kier molecular flexibility index (Phi) is 3.92. The van der Waals surface area contributed by atoms with Crippen molar-refractivity contribution in [1.82, 2.24) is 0 Å². The zero-order valence-corrected chi connectivity index (χ0v) is 11.9. The molecule has 116 valence electrons. The van der Waals surface area contributed by atoms with Crippen LogP contribution in [0.3, 0.4) is 0 Å². The molecule has 7 heteroatoms. The summed E-state index contributed by atoms with van der Waals surface area (Å²) < 4.78 is 10.3. The van der Waals surface area contributed by atoms with Gasteiger partial charge < -0.3 is 14.8 Å². The molecule has 3 rings (SSSR count). The van der Waals surface area contributed by atoms with Gasteiger partial charge in [-0.3, -0.25) is 14.9 Å². The lowest BCUT2D eigenvalue weighted by Gasteiger charge is -2.02. The average Bonchev–Trinajstić information content (AvgIpc) is 3.00. The van der Waals surface area contributed by atoms with E-state index in [2.05, 4.69) is 5.32 Å². The molecule has 23 heavy (non-hydrogen) atoms. The molecule has 1 aliphatic rings. The predicted molar refractivity (Wildman–Crippen MR) is 83.3 cm³/mol. The summed E-state index contributed by atoms with van der Waals surface area (Å²) in [4.78, 5) is 22.5. The van der Waals surface area contributed by atoms with E-state index in [0.29, 0.717) is 17.2 Å². The number of nitrogens with zero attached hydrogens (tertiary/aromatic N) is 1. The summed E-state index contributed by atoms with van der Waals surface area (Å²) in [7, 11) is 0. The van der Waals surface area contributed by atoms with Crippen molar-refractivity contribution in [3.8, 4) is 11.5 Å². The lowest BCUT2D eigenvalue weighted by molar-refractivity contribution is -0.385. The number of carbonyl (C=O) groups is 1. The molecule has 0 spiro atoms. The molecule has 2 aromatic carbocycles. The number of fused-ring (bicyclic) bond motifs is 1. The second-order valence-corrected chi connectivity index (χ2v) is 4.71. The van der Waals surface area contributed by atoms with E-state index in [-0.39, 0.29) is 24.0 Å². The van der Waals surface area contributed by atoms with Crippen molar-refractivity contribution < 1.29 is 19.2 Å². The Morgan fingerprint density at radius 2 is 1.87 bits per heavy atom. The fourth-order valence-corrected chi connectivity index (χ4v) is 2.11. The SMILES string of the molecule is O=C(/C=C/c1cc2c(cc1[N+](=O)[O-])OCO2)Nc1ccccc1. The zero-order valence-electron chi connectivity index (χ0n) is 11.9. The third-order valence-corrected chi connectivity index (χ3v) is 3.17. The number of rotatable bonds is 4. The van der Waals surface area contributed by atoms with Crippen LogP contribution in [0.1, 0.15) is 5.56 Å². The number of carbonyl (C=O) groups excluding carboxylic acids is 1. The smallest absolute Gasteiger partial charge is 0.280 e. The highest BCUT2D eigenvalue weighted by Gasteiger charge is 2.22. The monoisotopic (exact) mass is 312 g/mol. The van der Waals surface area contributed by atoms with E-state index in [9.17, 15) is 14.9 Å². The van der Waals surface area contributed by atoms with Gasteiger partial charge in [-0.05, 0) is 24.3 Å². The van der Waals surface area contributed by atoms with Crippen molar-refractivity contribution in [1.29, 1.82) is 0 Å². The van der Waals surface area contributed by atoms with Gasteiger partial charge in [-0.1, -0.05) is 18.2 Å². The average molecular weight is 312 g/mol. The Hall–Kier alpha value is -3.35. The maximum absolute atomic E-state index is 11.9. The minimum absolute atomic E-state index is 0.0220. The van der Waals surface area contributed by atoms with Crippen molar-refractivity contribution in [3.05, 3.63) is 64.2 Å². The third kappa shape index (κ3) is 3.29. The number of nitrogens with one attached hydrogen (secondary N) is 1. The van der Waals surface area contributed by atoms with Gasteiger partial charge in [0.2, 0.25) is 12.7 Å². The quantitative estimate of drug-likeness (QED) is 0.532. The molecular weight excluding hydrogens is 300 g/mol. The molecule has 0 saturated heterocycles. The predicted octanol–water partition coefficient (Wildman–Crippen LogP) is 2.98. The standard InChI is InChI=1S/C16H12N2O5/c19-16(17-12-4-2-1-3-5-12)7-6-11-8-14-15(23-10-22-14)9-13(11)18(20)21/h1-9H,10H2,(H,17,19)/b7-6+. The highest BCUT2D eigenvalue weighted by Crippen LogP contribution is 2.38. The first-order valence-corrected chi connectivity index (χ1v) is 6.75. The highest BCUT2D eigenvalue weighted by atomic mass is 16.7. The maximum Gasteiger partial charge on any atom is 0.280 e. The Morgan fingerprint density at radius 3 is 2.57 bits per heavy atom. The molecule has 0 unspecified atom stereocenters. The highest BCUT2D eigenvalue weighted by molar-refractivity contribution is 6.02. The van der Waals surface area contributed by atoms with Gasteiger partial charge in [-0.15, -0.1) is 0 Å². The van der Waals surface area contributed by atoms with E-state index in [1.807, 2.05) is 6.07 Å². The van der Waals surface area contributed by atoms with Crippen LogP contribution in [0.15, 0.2) is 48.5 Å². The molecular formula is C16H12N2O5. The Balaban J connectivity index is 1.81. The molecule has 2 aromatic rings. The van der Waals surface area contributed by atoms with Gasteiger partial charge in [0.1, 0.15) is 0 Å². The molecule has 0 atom stereocenters. The molecule has 1 N–H and O–H groups in total. The summed E-state index contributed by atoms with van der Waals surface area (Å²) in [6, 6.07) is 11.7. The number of hydrogen-bond donors (Lipinski definition) is 1. The third-order valence-electron chi connectivity index (χ3n) is 3.17. The summed E-state index contributed by atoms with van der Waals surface area (Å²) >= 11 is 0. The first kappa shape index (κ1) is 14.6. The molecule has 0 aliphatic carbocycles. The largest absolute Gasteiger partial charge is 0.454 e. The molecule has 7 nitrogen and oxygen atoms in total. The fraction of sp³-hybridized carbons (Fsp3) is 0.0625. The number of benzene rings is 2. The molecule has 0 saturated carbocycles. The van der Waals surface area contributed by atoms with Crippen LogP contribution >= 0.6 is 0 Å². The fourth-order valence-electron chi connectivity index (χ4n) is 2.11. The summed E-state index contributed by atoms with van der Waals surface area (Å²) in [5.41, 5.74) is 0.753. The normalized spacial score (nSPS) is 12.3. The number of ether oxygens (including phenoxy) is 2. The van der Waals surface area contributed by atoms with Crippen LogP contribution in [0.25, 0.3) is 6.08 Å². The van der Waals surface area contributed by atoms with Crippen molar-refractivity contribution in [2.75, 3.05) is 12.1 Å². The molecule has 1 heterocycles. The van der Waals surface area contributed by atoms with Crippen molar-refractivity contribution in [2.45, 2.75) is 0 Å². The van der Waals surface area contributed by atoms with Gasteiger partial charge in [0.05, 0.1) is 16.6 Å². The van der Waals surface area contributed by atoms with Gasteiger partial charge in [0.15, 0.2) is 11.5 Å². The first-order chi connectivity index (χ1) is 11.1. The van der Waals surface area contributed by atoms with Crippen LogP contribution in [0.2, 0.25) is 0 Å². The second-order valence-electron chi connectivity index (χ2n) is 4.71. The van der Waals surface area contributed by atoms with E-state index >= 15 is 0 Å². The molecule has 1 aliphatic heterocycles. The van der Waals surface area contributed by atoms with Gasteiger partial charge in [-0.25, -0.2) is 0 Å². The molecule has 0 radical (unpaired) electrons. The van der Waals surface area contributed by atoms with E-state index < -0.39 is 4.92 Å². The minimum Gasteiger partial charge on any atom is -0.454 e. The van der Waals surface area contributed by atoms with E-state index in [1.54, 1.807) is 24.3 Å². The summed E-state index contributed by atoms with van der Waals surface area (Å²) in [6.07, 6.45) is 2.61. The van der Waals surface area contributed by atoms with Gasteiger partial charge in [0.25, 0.3) is 5.69 Å².